The van der Waals surface area contributed by atoms with E-state index < -0.39 is 0 Å². The highest BCUT2D eigenvalue weighted by Crippen LogP contribution is 2.32. The summed E-state index contributed by atoms with van der Waals surface area (Å²) in [6.45, 7) is 0. The predicted molar refractivity (Wildman–Crippen MR) is 54.1 cm³/mol. The molecule has 0 aromatic rings. The maximum absolute atomic E-state index is 11.2. The molecule has 0 saturated heterocycles. The van der Waals surface area contributed by atoms with Gasteiger partial charge in [0.2, 0.25) is 0 Å². The van der Waals surface area contributed by atoms with E-state index in [1.54, 1.807) is 0 Å². The van der Waals surface area contributed by atoms with Crippen LogP contribution >= 0.6 is 23.2 Å². The molecule has 0 radical (unpaired) electrons. The van der Waals surface area contributed by atoms with Gasteiger partial charge in [-0.15, -0.1) is 0 Å². The van der Waals surface area contributed by atoms with Crippen LogP contribution in [-0.4, -0.2) is 11.6 Å². The van der Waals surface area contributed by atoms with Gasteiger partial charge in [-0.25, -0.2) is 0 Å². The van der Waals surface area contributed by atoms with Crippen LogP contribution in [0.2, 0.25) is 0 Å². The summed E-state index contributed by atoms with van der Waals surface area (Å²) in [7, 11) is 0. The zero-order chi connectivity index (χ0) is 10.3. The number of hydrogen-bond donors (Lipinski definition) is 0. The van der Waals surface area contributed by atoms with E-state index >= 15 is 0 Å². The third kappa shape index (κ3) is 1.27. The Morgan fingerprint density at radius 1 is 0.714 bits per heavy atom. The van der Waals surface area contributed by atoms with Gasteiger partial charge in [0, 0.05) is 11.1 Å². The number of allylic oxidation sites excluding steroid dienone is 8. The average Bonchev–Trinajstić information content (AvgIpc) is 2.17. The summed E-state index contributed by atoms with van der Waals surface area (Å²) in [6.07, 6.45) is 5.62. The number of rotatable bonds is 0. The molecule has 0 unspecified atom stereocenters. The van der Waals surface area contributed by atoms with Gasteiger partial charge >= 0.3 is 0 Å². The van der Waals surface area contributed by atoms with E-state index in [0.29, 0.717) is 11.1 Å². The van der Waals surface area contributed by atoms with Crippen molar-refractivity contribution in [3.8, 4) is 0 Å². The molecule has 0 aliphatic heterocycles. The molecule has 0 heterocycles. The van der Waals surface area contributed by atoms with Crippen molar-refractivity contribution >= 4 is 34.8 Å². The van der Waals surface area contributed by atoms with Crippen LogP contribution < -0.4 is 0 Å². The summed E-state index contributed by atoms with van der Waals surface area (Å²) in [5, 5.41) is 0.203. The van der Waals surface area contributed by atoms with Gasteiger partial charge in [-0.3, -0.25) is 9.59 Å². The average molecular weight is 227 g/mol. The van der Waals surface area contributed by atoms with Gasteiger partial charge in [0.15, 0.2) is 11.6 Å². The highest BCUT2D eigenvalue weighted by Gasteiger charge is 2.23. The van der Waals surface area contributed by atoms with Crippen LogP contribution in [-0.2, 0) is 9.59 Å². The van der Waals surface area contributed by atoms with E-state index in [0.717, 1.165) is 0 Å². The van der Waals surface area contributed by atoms with Crippen molar-refractivity contribution < 1.29 is 9.59 Å². The Balaban J connectivity index is 2.66. The van der Waals surface area contributed by atoms with E-state index in [1.165, 1.54) is 24.3 Å². The molecule has 0 N–H and O–H groups in total. The first kappa shape index (κ1) is 9.44. The van der Waals surface area contributed by atoms with Crippen LogP contribution in [0.1, 0.15) is 0 Å². The molecule has 2 rings (SSSR count). The number of carbonyl (C=O) groups is 2. The second-order valence-corrected chi connectivity index (χ2v) is 3.61. The summed E-state index contributed by atoms with van der Waals surface area (Å²) in [4.78, 5) is 22.4. The van der Waals surface area contributed by atoms with E-state index in [9.17, 15) is 9.59 Å². The van der Waals surface area contributed by atoms with Crippen molar-refractivity contribution in [3.63, 3.8) is 0 Å². The highest BCUT2D eigenvalue weighted by molar-refractivity contribution is 6.48. The largest absolute Gasteiger partial charge is 0.288 e. The summed E-state index contributed by atoms with van der Waals surface area (Å²) in [5.41, 5.74) is 1.03. The molecule has 0 atom stereocenters. The van der Waals surface area contributed by atoms with Crippen LogP contribution in [0.3, 0.4) is 0 Å². The second-order valence-electron chi connectivity index (χ2n) is 2.85. The number of fused-ring (bicyclic) bond motifs is 1. The maximum Gasteiger partial charge on any atom is 0.197 e. The van der Waals surface area contributed by atoms with Crippen molar-refractivity contribution in [2.24, 2.45) is 0 Å². The smallest absolute Gasteiger partial charge is 0.197 e. The van der Waals surface area contributed by atoms with Gasteiger partial charge in [0.05, 0.1) is 10.1 Å². The van der Waals surface area contributed by atoms with Gasteiger partial charge < -0.3 is 0 Å². The first-order valence-corrected chi connectivity index (χ1v) is 4.61. The Hall–Kier alpha value is -1.12. The van der Waals surface area contributed by atoms with E-state index in [2.05, 4.69) is 0 Å². The fraction of sp³-hybridized carbons (Fsp3) is 0. The third-order valence-electron chi connectivity index (χ3n) is 2.00. The number of carbonyl (C=O) groups excluding carboxylic acids is 2. The van der Waals surface area contributed by atoms with E-state index in [1.807, 2.05) is 0 Å². The lowest BCUT2D eigenvalue weighted by Crippen LogP contribution is -2.10. The number of halogens is 2. The van der Waals surface area contributed by atoms with Gasteiger partial charge in [-0.05, 0) is 24.3 Å². The van der Waals surface area contributed by atoms with Crippen molar-refractivity contribution in [1.82, 2.24) is 0 Å². The van der Waals surface area contributed by atoms with Gasteiger partial charge in [0.1, 0.15) is 0 Å². The lowest BCUT2D eigenvalue weighted by molar-refractivity contribution is -0.112. The fourth-order valence-electron chi connectivity index (χ4n) is 1.29. The predicted octanol–water partition coefficient (Wildman–Crippen LogP) is 2.25. The minimum absolute atomic E-state index is 0.101. The molecule has 14 heavy (non-hydrogen) atoms. The lowest BCUT2D eigenvalue weighted by Gasteiger charge is -2.15. The van der Waals surface area contributed by atoms with Crippen molar-refractivity contribution in [3.05, 3.63) is 45.5 Å². The summed E-state index contributed by atoms with van der Waals surface area (Å²) >= 11 is 11.6. The molecule has 4 heteroatoms. The van der Waals surface area contributed by atoms with E-state index in [-0.39, 0.29) is 21.6 Å². The second kappa shape index (κ2) is 3.23. The molecule has 2 aliphatic carbocycles. The standard InChI is InChI=1S/C10H4Cl2O2/c11-9-5-1-3-7(13)10(12)6(5)2-4-8(9)14/h1-4H. The molecule has 0 saturated carbocycles. The van der Waals surface area contributed by atoms with Crippen molar-refractivity contribution in [1.29, 1.82) is 0 Å². The molecule has 0 amide bonds. The molecule has 0 aromatic heterocycles. The fourth-order valence-corrected chi connectivity index (χ4v) is 1.75. The zero-order valence-electron chi connectivity index (χ0n) is 6.88. The first-order valence-electron chi connectivity index (χ1n) is 3.86. The Bertz CT molecular complexity index is 421. The molecule has 0 aromatic carbocycles. The van der Waals surface area contributed by atoms with Gasteiger partial charge in [-0.1, -0.05) is 23.2 Å². The van der Waals surface area contributed by atoms with E-state index in [4.69, 9.17) is 23.2 Å². The Morgan fingerprint density at radius 2 is 1.07 bits per heavy atom. The maximum atomic E-state index is 11.2. The van der Waals surface area contributed by atoms with Crippen LogP contribution in [0.25, 0.3) is 0 Å². The topological polar surface area (TPSA) is 34.1 Å². The molecule has 0 spiro atoms. The minimum Gasteiger partial charge on any atom is -0.288 e. The van der Waals surface area contributed by atoms with Crippen molar-refractivity contribution in [2.45, 2.75) is 0 Å². The molecule has 0 bridgehead atoms. The zero-order valence-corrected chi connectivity index (χ0v) is 8.39. The van der Waals surface area contributed by atoms with Gasteiger partial charge in [0.25, 0.3) is 0 Å². The Kier molecular flexibility index (Phi) is 2.17. The quantitative estimate of drug-likeness (QED) is 0.635. The van der Waals surface area contributed by atoms with Crippen LogP contribution in [0.4, 0.5) is 0 Å². The SMILES string of the molecule is O=C1C=CC2=C(Cl)C(=O)C=CC2=C1Cl. The molecule has 0 fully saturated rings. The van der Waals surface area contributed by atoms with Crippen LogP contribution in [0, 0.1) is 0 Å². The summed E-state index contributed by atoms with van der Waals surface area (Å²) < 4.78 is 0. The molecule has 70 valence electrons. The van der Waals surface area contributed by atoms with Crippen LogP contribution in [0.5, 0.6) is 0 Å². The minimum atomic E-state index is -0.270. The third-order valence-corrected chi connectivity index (χ3v) is 2.78. The Morgan fingerprint density at radius 3 is 1.43 bits per heavy atom. The first-order chi connectivity index (χ1) is 6.61. The highest BCUT2D eigenvalue weighted by atomic mass is 35.5. The molecule has 2 nitrogen and oxygen atoms in total. The lowest BCUT2D eigenvalue weighted by atomic mass is 9.93. The van der Waals surface area contributed by atoms with Crippen LogP contribution in [0.15, 0.2) is 45.5 Å². The number of ketones is 2. The molecule has 2 aliphatic rings. The Labute approximate surface area is 90.2 Å². The molecular weight excluding hydrogens is 223 g/mol. The number of hydrogen-bond acceptors (Lipinski definition) is 2. The molecular formula is C10H4Cl2O2. The van der Waals surface area contributed by atoms with Gasteiger partial charge in [-0.2, -0.15) is 0 Å². The monoisotopic (exact) mass is 226 g/mol. The summed E-state index contributed by atoms with van der Waals surface area (Å²) in [5.74, 6) is -0.539. The van der Waals surface area contributed by atoms with Crippen molar-refractivity contribution in [2.75, 3.05) is 0 Å². The normalized spacial score (nSPS) is 20.7. The summed E-state index contributed by atoms with van der Waals surface area (Å²) in [6, 6.07) is 0.